The van der Waals surface area contributed by atoms with Gasteiger partial charge in [0.2, 0.25) is 0 Å². The summed E-state index contributed by atoms with van der Waals surface area (Å²) in [6, 6.07) is 10.2. The third-order valence-electron chi connectivity index (χ3n) is 3.92. The highest BCUT2D eigenvalue weighted by atomic mass is 16.5. The van der Waals surface area contributed by atoms with Crippen molar-refractivity contribution in [3.05, 3.63) is 53.1 Å². The number of nitrogens with zero attached hydrogens (tertiary/aromatic N) is 1. The van der Waals surface area contributed by atoms with Gasteiger partial charge in [0, 0.05) is 5.69 Å². The monoisotopic (exact) mass is 412 g/mol. The minimum absolute atomic E-state index is 0.232. The Morgan fingerprint density at radius 1 is 1.03 bits per heavy atom. The van der Waals surface area contributed by atoms with E-state index in [1.165, 1.54) is 12.3 Å². The van der Waals surface area contributed by atoms with E-state index in [4.69, 9.17) is 9.47 Å². The number of amides is 2. The number of rotatable bonds is 8. The van der Waals surface area contributed by atoms with Crippen molar-refractivity contribution in [1.82, 2.24) is 5.43 Å². The molecule has 9 heteroatoms. The molecule has 0 saturated heterocycles. The summed E-state index contributed by atoms with van der Waals surface area (Å²) in [4.78, 5) is 34.6. The van der Waals surface area contributed by atoms with Crippen LogP contribution >= 0.6 is 0 Å². The molecule has 0 fully saturated rings. The highest BCUT2D eigenvalue weighted by Gasteiger charge is 2.15. The van der Waals surface area contributed by atoms with Crippen LogP contribution in [0.4, 0.5) is 5.69 Å². The van der Waals surface area contributed by atoms with Gasteiger partial charge in [-0.3, -0.25) is 9.59 Å². The third kappa shape index (κ3) is 6.33. The van der Waals surface area contributed by atoms with Crippen LogP contribution in [0.5, 0.6) is 11.5 Å². The summed E-state index contributed by atoms with van der Waals surface area (Å²) in [7, 11) is 0. The summed E-state index contributed by atoms with van der Waals surface area (Å²) in [6.07, 6.45) is 1.31. The Morgan fingerprint density at radius 3 is 2.37 bits per heavy atom. The van der Waals surface area contributed by atoms with Crippen LogP contribution < -0.4 is 25.3 Å². The van der Waals surface area contributed by atoms with Gasteiger partial charge in [0.15, 0.2) is 11.5 Å². The molecule has 2 amide bonds. The van der Waals surface area contributed by atoms with Crippen molar-refractivity contribution in [3.8, 4) is 11.5 Å². The van der Waals surface area contributed by atoms with E-state index >= 15 is 0 Å². The van der Waals surface area contributed by atoms with Gasteiger partial charge in [0.05, 0.1) is 18.8 Å². The van der Waals surface area contributed by atoms with Gasteiger partial charge in [-0.1, -0.05) is 18.2 Å². The SMILES string of the molecule is CCOc1cc(/C=N\NC(=O)C(=O)Nc2c(C)cccc2C)ccc1OCC(=O)[O-]. The number of nitrogens with one attached hydrogen (secondary N) is 2. The summed E-state index contributed by atoms with van der Waals surface area (Å²) in [5, 5.41) is 16.9. The fourth-order valence-electron chi connectivity index (χ4n) is 2.53. The van der Waals surface area contributed by atoms with E-state index in [1.807, 2.05) is 32.0 Å². The Labute approximate surface area is 173 Å². The van der Waals surface area contributed by atoms with Crippen molar-refractivity contribution in [1.29, 1.82) is 0 Å². The zero-order valence-electron chi connectivity index (χ0n) is 16.9. The summed E-state index contributed by atoms with van der Waals surface area (Å²) < 4.78 is 10.5. The molecule has 0 bridgehead atoms. The van der Waals surface area contributed by atoms with E-state index in [-0.39, 0.29) is 5.75 Å². The molecule has 2 aromatic rings. The second-order valence-electron chi connectivity index (χ2n) is 6.22. The number of aliphatic carboxylic acids is 1. The highest BCUT2D eigenvalue weighted by molar-refractivity contribution is 6.39. The van der Waals surface area contributed by atoms with Crippen LogP contribution in [0.25, 0.3) is 0 Å². The predicted molar refractivity (Wildman–Crippen MR) is 108 cm³/mol. The molecule has 30 heavy (non-hydrogen) atoms. The molecule has 9 nitrogen and oxygen atoms in total. The number of hydrazone groups is 1. The number of benzene rings is 2. The topological polar surface area (TPSA) is 129 Å². The fraction of sp³-hybridized carbons (Fsp3) is 0.238. The quantitative estimate of drug-likeness (QED) is 0.377. The lowest BCUT2D eigenvalue weighted by Crippen LogP contribution is -2.32. The summed E-state index contributed by atoms with van der Waals surface area (Å²) in [5.74, 6) is -2.58. The molecular formula is C21H22N3O6-. The van der Waals surface area contributed by atoms with Gasteiger partial charge in [-0.2, -0.15) is 5.10 Å². The maximum absolute atomic E-state index is 12.1. The van der Waals surface area contributed by atoms with Crippen LogP contribution in [0, 0.1) is 13.8 Å². The van der Waals surface area contributed by atoms with Gasteiger partial charge < -0.3 is 24.7 Å². The first kappa shape index (κ1) is 22.4. The van der Waals surface area contributed by atoms with Crippen LogP contribution in [0.1, 0.15) is 23.6 Å². The predicted octanol–water partition coefficient (Wildman–Crippen LogP) is 0.920. The molecule has 0 saturated carbocycles. The molecule has 158 valence electrons. The Balaban J connectivity index is 2.01. The lowest BCUT2D eigenvalue weighted by atomic mass is 10.1. The number of carbonyl (C=O) groups is 3. The van der Waals surface area contributed by atoms with Crippen LogP contribution in [-0.2, 0) is 14.4 Å². The third-order valence-corrected chi connectivity index (χ3v) is 3.92. The van der Waals surface area contributed by atoms with E-state index in [2.05, 4.69) is 15.8 Å². The van der Waals surface area contributed by atoms with E-state index < -0.39 is 24.4 Å². The van der Waals surface area contributed by atoms with Gasteiger partial charge in [0.25, 0.3) is 0 Å². The molecular weight excluding hydrogens is 390 g/mol. The molecule has 2 aromatic carbocycles. The first-order valence-electron chi connectivity index (χ1n) is 9.12. The molecule has 0 aliphatic rings. The molecule has 2 rings (SSSR count). The highest BCUT2D eigenvalue weighted by Crippen LogP contribution is 2.28. The molecule has 0 radical (unpaired) electrons. The Hall–Kier alpha value is -3.88. The Morgan fingerprint density at radius 2 is 1.73 bits per heavy atom. The molecule has 0 heterocycles. The Kier molecular flexibility index (Phi) is 7.92. The van der Waals surface area contributed by atoms with E-state index in [0.717, 1.165) is 11.1 Å². The first-order chi connectivity index (χ1) is 14.3. The minimum Gasteiger partial charge on any atom is -0.546 e. The van der Waals surface area contributed by atoms with Crippen LogP contribution in [0.3, 0.4) is 0 Å². The lowest BCUT2D eigenvalue weighted by molar-refractivity contribution is -0.307. The van der Waals surface area contributed by atoms with Crippen LogP contribution in [0.15, 0.2) is 41.5 Å². The van der Waals surface area contributed by atoms with E-state index in [0.29, 0.717) is 23.6 Å². The number of aryl methyl sites for hydroxylation is 2. The van der Waals surface area contributed by atoms with Gasteiger partial charge in [-0.25, -0.2) is 5.43 Å². The summed E-state index contributed by atoms with van der Waals surface area (Å²) >= 11 is 0. The van der Waals surface area contributed by atoms with Gasteiger partial charge in [-0.15, -0.1) is 0 Å². The molecule has 0 atom stereocenters. The second-order valence-corrected chi connectivity index (χ2v) is 6.22. The zero-order chi connectivity index (χ0) is 22.1. The number of carbonyl (C=O) groups excluding carboxylic acids is 3. The van der Waals surface area contributed by atoms with Gasteiger partial charge >= 0.3 is 11.8 Å². The standard InChI is InChI=1S/C21H23N3O6/c1-4-29-17-10-15(8-9-16(17)30-12-18(25)26)11-22-24-21(28)20(27)23-19-13(2)6-5-7-14(19)3/h5-11H,4,12H2,1-3H3,(H,23,27)(H,24,28)(H,25,26)/p-1/b22-11-. The first-order valence-corrected chi connectivity index (χ1v) is 9.12. The smallest absolute Gasteiger partial charge is 0.329 e. The van der Waals surface area contributed by atoms with E-state index in [9.17, 15) is 19.5 Å². The number of hydrogen-bond donors (Lipinski definition) is 2. The number of hydrogen-bond acceptors (Lipinski definition) is 7. The number of anilines is 1. The number of carboxylic acid groups (broad SMARTS) is 1. The number of carboxylic acids is 1. The Bertz CT molecular complexity index is 951. The number of para-hydroxylation sites is 1. The van der Waals surface area contributed by atoms with Crippen LogP contribution in [-0.4, -0.2) is 37.2 Å². The average molecular weight is 412 g/mol. The maximum Gasteiger partial charge on any atom is 0.329 e. The van der Waals surface area contributed by atoms with Crippen molar-refractivity contribution < 1.29 is 29.0 Å². The zero-order valence-corrected chi connectivity index (χ0v) is 16.9. The molecule has 0 unspecified atom stereocenters. The van der Waals surface area contributed by atoms with Gasteiger partial charge in [-0.05, 0) is 55.7 Å². The summed E-state index contributed by atoms with van der Waals surface area (Å²) in [5.41, 5.74) is 4.95. The normalized spacial score (nSPS) is 10.5. The number of ether oxygens (including phenoxy) is 2. The van der Waals surface area contributed by atoms with Crippen molar-refractivity contribution in [3.63, 3.8) is 0 Å². The van der Waals surface area contributed by atoms with Crippen molar-refractivity contribution in [2.24, 2.45) is 5.10 Å². The van der Waals surface area contributed by atoms with Crippen molar-refractivity contribution in [2.75, 3.05) is 18.5 Å². The lowest BCUT2D eigenvalue weighted by Gasteiger charge is -2.12. The molecule has 0 aliphatic carbocycles. The molecule has 2 N–H and O–H groups in total. The second kappa shape index (κ2) is 10.6. The minimum atomic E-state index is -1.36. The van der Waals surface area contributed by atoms with E-state index in [1.54, 1.807) is 19.1 Å². The summed E-state index contributed by atoms with van der Waals surface area (Å²) in [6.45, 7) is 5.14. The van der Waals surface area contributed by atoms with Crippen molar-refractivity contribution >= 4 is 29.7 Å². The van der Waals surface area contributed by atoms with Gasteiger partial charge in [0.1, 0.15) is 6.61 Å². The molecule has 0 aromatic heterocycles. The maximum atomic E-state index is 12.1. The van der Waals surface area contributed by atoms with Crippen LogP contribution in [0.2, 0.25) is 0 Å². The largest absolute Gasteiger partial charge is 0.546 e. The molecule has 0 spiro atoms. The van der Waals surface area contributed by atoms with Crippen molar-refractivity contribution in [2.45, 2.75) is 20.8 Å². The fourth-order valence-corrected chi connectivity index (χ4v) is 2.53. The average Bonchev–Trinajstić information content (AvgIpc) is 2.70. The molecule has 0 aliphatic heterocycles.